The molecule has 1 aromatic rings. The lowest BCUT2D eigenvalue weighted by molar-refractivity contribution is 0.590. The Labute approximate surface area is 106 Å². The summed E-state index contributed by atoms with van der Waals surface area (Å²) < 4.78 is 0. The lowest BCUT2D eigenvalue weighted by atomic mass is 10.2. The zero-order valence-electron chi connectivity index (χ0n) is 8.91. The first-order valence-corrected chi connectivity index (χ1v) is 9.80. The van der Waals surface area contributed by atoms with E-state index in [4.69, 9.17) is 0 Å². The van der Waals surface area contributed by atoms with Crippen LogP contribution in [-0.4, -0.2) is 32.8 Å². The SMILES string of the molecule is CP(I)c1ccccc1N1CCNCC1. The van der Waals surface area contributed by atoms with Crippen molar-refractivity contribution < 1.29 is 0 Å². The molecule has 1 saturated heterocycles. The Kier molecular flexibility index (Phi) is 4.23. The molecule has 1 heterocycles. The fraction of sp³-hybridized carbons (Fsp3) is 0.455. The number of nitrogens with zero attached hydrogens (tertiary/aromatic N) is 1. The molecular formula is C11H16IN2P. The number of benzene rings is 1. The summed E-state index contributed by atoms with van der Waals surface area (Å²) in [5.41, 5.74) is 1.41. The predicted octanol–water partition coefficient (Wildman–Crippen LogP) is 2.18. The van der Waals surface area contributed by atoms with Gasteiger partial charge in [-0.05, 0) is 40.3 Å². The summed E-state index contributed by atoms with van der Waals surface area (Å²) in [6.45, 7) is 6.80. The molecule has 1 fully saturated rings. The van der Waals surface area contributed by atoms with Crippen LogP contribution in [0.2, 0.25) is 0 Å². The Morgan fingerprint density at radius 1 is 1.27 bits per heavy atom. The highest BCUT2D eigenvalue weighted by Crippen LogP contribution is 2.42. The zero-order chi connectivity index (χ0) is 10.7. The van der Waals surface area contributed by atoms with Crippen molar-refractivity contribution in [3.63, 3.8) is 0 Å². The van der Waals surface area contributed by atoms with E-state index < -0.39 is 0 Å². The Hall–Kier alpha value is 0.140. The maximum absolute atomic E-state index is 3.39. The summed E-state index contributed by atoms with van der Waals surface area (Å²) in [7, 11) is 0. The summed E-state index contributed by atoms with van der Waals surface area (Å²) >= 11 is 2.55. The monoisotopic (exact) mass is 334 g/mol. The minimum atomic E-state index is -0.0332. The van der Waals surface area contributed by atoms with Gasteiger partial charge in [-0.1, -0.05) is 18.2 Å². The quantitative estimate of drug-likeness (QED) is 0.659. The molecule has 0 aliphatic carbocycles. The number of rotatable bonds is 2. The van der Waals surface area contributed by atoms with Gasteiger partial charge >= 0.3 is 0 Å². The average Bonchev–Trinajstić information content (AvgIpc) is 2.30. The van der Waals surface area contributed by atoms with Crippen LogP contribution in [0.4, 0.5) is 5.69 Å². The molecule has 82 valence electrons. The van der Waals surface area contributed by atoms with Crippen LogP contribution in [0.1, 0.15) is 0 Å². The third kappa shape index (κ3) is 2.83. The zero-order valence-corrected chi connectivity index (χ0v) is 12.0. The standard InChI is InChI=1S/C11H16IN2P/c1-15(12)11-5-3-2-4-10(11)14-8-6-13-7-9-14/h2-5,13H,6-9H2,1H3. The van der Waals surface area contributed by atoms with Crippen molar-refractivity contribution in [2.75, 3.05) is 37.7 Å². The smallest absolute Gasteiger partial charge is 0.0452 e. The highest BCUT2D eigenvalue weighted by atomic mass is 127. The molecule has 0 radical (unpaired) electrons. The van der Waals surface area contributed by atoms with Crippen molar-refractivity contribution in [2.24, 2.45) is 0 Å². The molecule has 0 spiro atoms. The molecule has 15 heavy (non-hydrogen) atoms. The van der Waals surface area contributed by atoms with Gasteiger partial charge in [-0.25, -0.2) is 0 Å². The van der Waals surface area contributed by atoms with Crippen LogP contribution in [-0.2, 0) is 0 Å². The van der Waals surface area contributed by atoms with Gasteiger partial charge in [0.05, 0.1) is 0 Å². The van der Waals surface area contributed by atoms with E-state index in [1.165, 1.54) is 11.0 Å². The van der Waals surface area contributed by atoms with Gasteiger partial charge in [-0.3, -0.25) is 0 Å². The molecule has 1 unspecified atom stereocenters. The van der Waals surface area contributed by atoms with Crippen LogP contribution in [0.15, 0.2) is 24.3 Å². The number of hydrogen-bond acceptors (Lipinski definition) is 2. The molecule has 2 nitrogen and oxygen atoms in total. The molecule has 1 N–H and O–H groups in total. The number of piperazine rings is 1. The minimum Gasteiger partial charge on any atom is -0.368 e. The van der Waals surface area contributed by atoms with Crippen LogP contribution in [0.3, 0.4) is 0 Å². The maximum atomic E-state index is 3.39. The Morgan fingerprint density at radius 3 is 2.60 bits per heavy atom. The lowest BCUT2D eigenvalue weighted by Gasteiger charge is -2.31. The van der Waals surface area contributed by atoms with Gasteiger partial charge in [-0.15, -0.1) is 0 Å². The van der Waals surface area contributed by atoms with Crippen molar-refractivity contribution in [1.29, 1.82) is 0 Å². The van der Waals surface area contributed by atoms with Crippen LogP contribution >= 0.6 is 27.6 Å². The lowest BCUT2D eigenvalue weighted by Crippen LogP contribution is -2.44. The molecule has 1 aliphatic heterocycles. The van der Waals surface area contributed by atoms with Crippen molar-refractivity contribution in [3.8, 4) is 0 Å². The van der Waals surface area contributed by atoms with Gasteiger partial charge in [0.2, 0.25) is 0 Å². The molecule has 1 aromatic carbocycles. The molecule has 1 aliphatic rings. The average molecular weight is 334 g/mol. The fourth-order valence-corrected chi connectivity index (χ4v) is 3.94. The highest BCUT2D eigenvalue weighted by molar-refractivity contribution is 14.2. The molecule has 4 heteroatoms. The van der Waals surface area contributed by atoms with E-state index in [1.54, 1.807) is 0 Å². The highest BCUT2D eigenvalue weighted by Gasteiger charge is 2.15. The molecule has 0 aromatic heterocycles. The number of para-hydroxylation sites is 1. The summed E-state index contributed by atoms with van der Waals surface area (Å²) in [6, 6.07) is 8.84. The summed E-state index contributed by atoms with van der Waals surface area (Å²) in [5.74, 6) is 0. The van der Waals surface area contributed by atoms with E-state index in [1.807, 2.05) is 0 Å². The van der Waals surface area contributed by atoms with Gasteiger partial charge in [-0.2, -0.15) is 0 Å². The van der Waals surface area contributed by atoms with Gasteiger partial charge in [0, 0.05) is 37.2 Å². The third-order valence-electron chi connectivity index (χ3n) is 2.67. The van der Waals surface area contributed by atoms with Gasteiger partial charge in [0.25, 0.3) is 0 Å². The minimum absolute atomic E-state index is 0.0332. The number of halogens is 1. The van der Waals surface area contributed by atoms with Gasteiger partial charge in [0.1, 0.15) is 0 Å². The van der Waals surface area contributed by atoms with Crippen LogP contribution in [0.5, 0.6) is 0 Å². The van der Waals surface area contributed by atoms with Crippen LogP contribution in [0, 0.1) is 0 Å². The van der Waals surface area contributed by atoms with Gasteiger partial charge in [0.15, 0.2) is 0 Å². The van der Waals surface area contributed by atoms with Crippen molar-refractivity contribution in [3.05, 3.63) is 24.3 Å². The summed E-state index contributed by atoms with van der Waals surface area (Å²) in [5, 5.41) is 4.92. The van der Waals surface area contributed by atoms with E-state index in [2.05, 4.69) is 63.2 Å². The topological polar surface area (TPSA) is 15.3 Å². The van der Waals surface area contributed by atoms with E-state index >= 15 is 0 Å². The third-order valence-corrected chi connectivity index (χ3v) is 5.27. The Morgan fingerprint density at radius 2 is 1.93 bits per heavy atom. The van der Waals surface area contributed by atoms with Crippen LogP contribution < -0.4 is 15.5 Å². The Balaban J connectivity index is 2.25. The molecular weight excluding hydrogens is 318 g/mol. The molecule has 1 atom stereocenters. The van der Waals surface area contributed by atoms with Crippen molar-refractivity contribution in [1.82, 2.24) is 5.32 Å². The first-order valence-electron chi connectivity index (χ1n) is 5.23. The first-order chi connectivity index (χ1) is 7.29. The fourth-order valence-electron chi connectivity index (χ4n) is 1.90. The molecule has 0 saturated carbocycles. The molecule has 0 bridgehead atoms. The second-order valence-corrected chi connectivity index (χ2v) is 9.48. The van der Waals surface area contributed by atoms with Crippen molar-refractivity contribution in [2.45, 2.75) is 0 Å². The molecule has 2 rings (SSSR count). The predicted molar refractivity (Wildman–Crippen MR) is 78.0 cm³/mol. The van der Waals surface area contributed by atoms with E-state index in [9.17, 15) is 0 Å². The Bertz CT molecular complexity index is 324. The van der Waals surface area contributed by atoms with E-state index in [-0.39, 0.29) is 5.56 Å². The second-order valence-electron chi connectivity index (χ2n) is 3.70. The summed E-state index contributed by atoms with van der Waals surface area (Å²) in [6.07, 6.45) is 0. The summed E-state index contributed by atoms with van der Waals surface area (Å²) in [4.78, 5) is 2.50. The van der Waals surface area contributed by atoms with Crippen molar-refractivity contribution >= 4 is 38.6 Å². The number of hydrogen-bond donors (Lipinski definition) is 1. The van der Waals surface area contributed by atoms with E-state index in [0.29, 0.717) is 0 Å². The number of nitrogens with one attached hydrogen (secondary N) is 1. The second kappa shape index (κ2) is 5.46. The van der Waals surface area contributed by atoms with Gasteiger partial charge < -0.3 is 10.2 Å². The van der Waals surface area contributed by atoms with Crippen LogP contribution in [0.25, 0.3) is 0 Å². The number of anilines is 1. The van der Waals surface area contributed by atoms with E-state index in [0.717, 1.165) is 26.2 Å². The maximum Gasteiger partial charge on any atom is 0.0452 e. The molecule has 0 amide bonds. The first kappa shape index (κ1) is 11.6. The largest absolute Gasteiger partial charge is 0.368 e. The normalized spacial score (nSPS) is 18.9.